The number of carbonyl (C=O) groups excluding carboxylic acids is 2. The lowest BCUT2D eigenvalue weighted by atomic mass is 9.87. The Morgan fingerprint density at radius 1 is 1.10 bits per heavy atom. The van der Waals surface area contributed by atoms with E-state index in [1.165, 1.54) is 38.1 Å². The zero-order valence-corrected chi connectivity index (χ0v) is 15.7. The second kappa shape index (κ2) is 8.05. The Hall–Kier alpha value is -3.81. The van der Waals surface area contributed by atoms with E-state index in [1.54, 1.807) is 24.3 Å². The SMILES string of the molecule is CC(=O)C[C@@H](c1ccc([N+](=O)[O-])cc1)c1c(OC(C)=O)c2ccccc2oc1=O. The molecule has 3 aromatic rings. The van der Waals surface area contributed by atoms with Gasteiger partial charge in [0.15, 0.2) is 5.75 Å². The number of nitro benzene ring substituents is 1. The first-order valence-electron chi connectivity index (χ1n) is 8.76. The highest BCUT2D eigenvalue weighted by Crippen LogP contribution is 2.37. The van der Waals surface area contributed by atoms with Gasteiger partial charge >= 0.3 is 11.6 Å². The number of Topliss-reactive ketones (excluding diaryl/α,β-unsaturated/α-hetero) is 1. The van der Waals surface area contributed by atoms with E-state index >= 15 is 0 Å². The molecule has 3 rings (SSSR count). The summed E-state index contributed by atoms with van der Waals surface area (Å²) in [5.41, 5.74) is -0.127. The molecule has 0 aliphatic carbocycles. The molecule has 0 unspecified atom stereocenters. The highest BCUT2D eigenvalue weighted by Gasteiger charge is 2.28. The Kier molecular flexibility index (Phi) is 5.54. The van der Waals surface area contributed by atoms with E-state index in [2.05, 4.69) is 0 Å². The van der Waals surface area contributed by atoms with Crippen molar-refractivity contribution in [2.75, 3.05) is 0 Å². The van der Waals surface area contributed by atoms with Crippen LogP contribution in [-0.2, 0) is 9.59 Å². The van der Waals surface area contributed by atoms with Crippen molar-refractivity contribution in [2.24, 2.45) is 0 Å². The maximum absolute atomic E-state index is 12.8. The first-order chi connectivity index (χ1) is 13.8. The third-order valence-corrected chi connectivity index (χ3v) is 4.39. The zero-order chi connectivity index (χ0) is 21.1. The summed E-state index contributed by atoms with van der Waals surface area (Å²) in [7, 11) is 0. The zero-order valence-electron chi connectivity index (χ0n) is 15.7. The third-order valence-electron chi connectivity index (χ3n) is 4.39. The quantitative estimate of drug-likeness (QED) is 0.270. The number of para-hydroxylation sites is 1. The van der Waals surface area contributed by atoms with Crippen molar-refractivity contribution < 1.29 is 23.7 Å². The van der Waals surface area contributed by atoms with Gasteiger partial charge in [-0.25, -0.2) is 4.79 Å². The van der Waals surface area contributed by atoms with Crippen LogP contribution in [0.4, 0.5) is 5.69 Å². The largest absolute Gasteiger partial charge is 0.425 e. The lowest BCUT2D eigenvalue weighted by Gasteiger charge is -2.19. The fraction of sp³-hybridized carbons (Fsp3) is 0.190. The van der Waals surface area contributed by atoms with Crippen LogP contribution in [0.25, 0.3) is 11.0 Å². The van der Waals surface area contributed by atoms with E-state index in [1.807, 2.05) is 0 Å². The molecule has 0 N–H and O–H groups in total. The minimum absolute atomic E-state index is 0.0166. The van der Waals surface area contributed by atoms with Gasteiger partial charge in [0.2, 0.25) is 0 Å². The van der Waals surface area contributed by atoms with Crippen molar-refractivity contribution >= 4 is 28.4 Å². The molecular weight excluding hydrogens is 378 g/mol. The molecule has 8 heteroatoms. The second-order valence-electron chi connectivity index (χ2n) is 6.53. The number of hydrogen-bond donors (Lipinski definition) is 0. The van der Waals surface area contributed by atoms with Crippen LogP contribution in [0.3, 0.4) is 0 Å². The van der Waals surface area contributed by atoms with E-state index in [-0.39, 0.29) is 34.8 Å². The van der Waals surface area contributed by atoms with E-state index in [4.69, 9.17) is 9.15 Å². The number of nitro groups is 1. The van der Waals surface area contributed by atoms with Crippen molar-refractivity contribution in [2.45, 2.75) is 26.2 Å². The van der Waals surface area contributed by atoms with Gasteiger partial charge < -0.3 is 9.15 Å². The molecule has 0 bridgehead atoms. The van der Waals surface area contributed by atoms with E-state index in [9.17, 15) is 24.5 Å². The number of ketones is 1. The van der Waals surface area contributed by atoms with Gasteiger partial charge in [-0.05, 0) is 24.6 Å². The number of carbonyl (C=O) groups is 2. The van der Waals surface area contributed by atoms with Crippen molar-refractivity contribution in [1.82, 2.24) is 0 Å². The predicted molar refractivity (Wildman–Crippen MR) is 104 cm³/mol. The first-order valence-corrected chi connectivity index (χ1v) is 8.76. The lowest BCUT2D eigenvalue weighted by Crippen LogP contribution is -2.19. The van der Waals surface area contributed by atoms with Crippen LogP contribution in [0.1, 0.15) is 37.3 Å². The topological polar surface area (TPSA) is 117 Å². The highest BCUT2D eigenvalue weighted by molar-refractivity contribution is 5.88. The molecule has 0 saturated carbocycles. The first kappa shape index (κ1) is 19.9. The van der Waals surface area contributed by atoms with Gasteiger partial charge in [0.1, 0.15) is 11.4 Å². The minimum atomic E-state index is -0.802. The average molecular weight is 395 g/mol. The smallest absolute Gasteiger partial charge is 0.343 e. The van der Waals surface area contributed by atoms with Crippen molar-refractivity contribution in [3.8, 4) is 5.75 Å². The predicted octanol–water partition coefficient (Wildman–Crippen LogP) is 3.74. The van der Waals surface area contributed by atoms with Crippen LogP contribution in [0.5, 0.6) is 5.75 Å². The molecule has 1 aromatic heterocycles. The Labute approximate surface area is 164 Å². The summed E-state index contributed by atoms with van der Waals surface area (Å²) in [5, 5.41) is 11.3. The average Bonchev–Trinajstić information content (AvgIpc) is 2.66. The summed E-state index contributed by atoms with van der Waals surface area (Å²) in [5.74, 6) is -1.63. The molecular formula is C21H17NO7. The molecule has 0 radical (unpaired) electrons. The summed E-state index contributed by atoms with van der Waals surface area (Å²) in [4.78, 5) is 46.9. The van der Waals surface area contributed by atoms with E-state index in [0.29, 0.717) is 10.9 Å². The number of rotatable bonds is 6. The Balaban J connectivity index is 2.28. The maximum atomic E-state index is 12.8. The Bertz CT molecular complexity index is 1160. The fourth-order valence-electron chi connectivity index (χ4n) is 3.19. The van der Waals surface area contributed by atoms with Crippen molar-refractivity contribution in [3.05, 3.63) is 80.2 Å². The molecule has 1 heterocycles. The Morgan fingerprint density at radius 2 is 1.76 bits per heavy atom. The van der Waals surface area contributed by atoms with E-state index < -0.39 is 22.4 Å². The number of fused-ring (bicyclic) bond motifs is 1. The summed E-state index contributed by atoms with van der Waals surface area (Å²) in [6, 6.07) is 12.1. The third kappa shape index (κ3) is 4.21. The molecule has 0 aliphatic heterocycles. The molecule has 148 valence electrons. The monoisotopic (exact) mass is 395 g/mol. The van der Waals surface area contributed by atoms with Crippen LogP contribution in [0.2, 0.25) is 0 Å². The van der Waals surface area contributed by atoms with Crippen molar-refractivity contribution in [1.29, 1.82) is 0 Å². The molecule has 0 aliphatic rings. The van der Waals surface area contributed by atoms with Gasteiger partial charge in [0.05, 0.1) is 15.9 Å². The van der Waals surface area contributed by atoms with Crippen LogP contribution in [-0.4, -0.2) is 16.7 Å². The second-order valence-corrected chi connectivity index (χ2v) is 6.53. The molecule has 8 nitrogen and oxygen atoms in total. The summed E-state index contributed by atoms with van der Waals surface area (Å²) < 4.78 is 10.8. The minimum Gasteiger partial charge on any atom is -0.425 e. The molecule has 0 saturated heterocycles. The van der Waals surface area contributed by atoms with Gasteiger partial charge in [-0.3, -0.25) is 19.7 Å². The van der Waals surface area contributed by atoms with Crippen LogP contribution in [0, 0.1) is 10.1 Å². The van der Waals surface area contributed by atoms with Crippen LogP contribution < -0.4 is 10.4 Å². The number of hydrogen-bond acceptors (Lipinski definition) is 7. The molecule has 0 fully saturated rings. The van der Waals surface area contributed by atoms with Gasteiger partial charge in [0, 0.05) is 31.4 Å². The summed E-state index contributed by atoms with van der Waals surface area (Å²) in [6.07, 6.45) is -0.0742. The number of ether oxygens (including phenoxy) is 1. The molecule has 2 aromatic carbocycles. The highest BCUT2D eigenvalue weighted by atomic mass is 16.6. The van der Waals surface area contributed by atoms with Gasteiger partial charge in [0.25, 0.3) is 5.69 Å². The molecule has 29 heavy (non-hydrogen) atoms. The fourth-order valence-corrected chi connectivity index (χ4v) is 3.19. The number of benzene rings is 2. The van der Waals surface area contributed by atoms with Crippen LogP contribution in [0.15, 0.2) is 57.7 Å². The van der Waals surface area contributed by atoms with Crippen molar-refractivity contribution in [3.63, 3.8) is 0 Å². The lowest BCUT2D eigenvalue weighted by molar-refractivity contribution is -0.384. The van der Waals surface area contributed by atoms with Gasteiger partial charge in [-0.1, -0.05) is 24.3 Å². The molecule has 0 amide bonds. The van der Waals surface area contributed by atoms with Gasteiger partial charge in [-0.15, -0.1) is 0 Å². The van der Waals surface area contributed by atoms with Gasteiger partial charge in [-0.2, -0.15) is 0 Å². The standard InChI is InChI=1S/C21H17NO7/c1-12(23)11-17(14-7-9-15(10-8-14)22(26)27)19-20(28-13(2)24)16-5-3-4-6-18(16)29-21(19)25/h3-10,17H,11H2,1-2H3/t17-/m0/s1. The Morgan fingerprint density at radius 3 is 2.34 bits per heavy atom. The number of nitrogens with zero attached hydrogens (tertiary/aromatic N) is 1. The number of esters is 1. The normalized spacial score (nSPS) is 11.8. The van der Waals surface area contributed by atoms with Crippen LogP contribution >= 0.6 is 0 Å². The van der Waals surface area contributed by atoms with E-state index in [0.717, 1.165) is 0 Å². The maximum Gasteiger partial charge on any atom is 0.343 e. The molecule has 0 spiro atoms. The number of non-ortho nitro benzene ring substituents is 1. The molecule has 1 atom stereocenters. The summed E-state index contributed by atoms with van der Waals surface area (Å²) >= 11 is 0. The summed E-state index contributed by atoms with van der Waals surface area (Å²) in [6.45, 7) is 2.57.